The topological polar surface area (TPSA) is 103 Å². The number of imidazole rings is 1. The number of hydrogen-bond acceptors (Lipinski definition) is 6. The Bertz CT molecular complexity index is 1070. The molecule has 4 aromatic rings. The van der Waals surface area contributed by atoms with E-state index in [1.807, 2.05) is 22.6 Å². The monoisotopic (exact) mass is 325 g/mol. The number of hydrogen-bond donors (Lipinski definition) is 1. The normalized spacial score (nSPS) is 12.3. The van der Waals surface area contributed by atoms with Gasteiger partial charge in [0, 0.05) is 13.0 Å². The van der Waals surface area contributed by atoms with Gasteiger partial charge in [-0.05, 0) is 19.9 Å². The summed E-state index contributed by atoms with van der Waals surface area (Å²) < 4.78 is 7.93. The average Bonchev–Trinajstić information content (AvgIpc) is 3.18. The van der Waals surface area contributed by atoms with Gasteiger partial charge in [-0.1, -0.05) is 17.3 Å². The largest absolute Gasteiger partial charge is 0.618 e. The lowest BCUT2D eigenvalue weighted by Gasteiger charge is -2.09. The molecule has 0 spiro atoms. The minimum Gasteiger partial charge on any atom is -0.618 e. The summed E-state index contributed by atoms with van der Waals surface area (Å²) in [5, 5.41) is 26.3. The Hall–Kier alpha value is -3.00. The van der Waals surface area contributed by atoms with E-state index in [-0.39, 0.29) is 11.7 Å². The molecule has 0 fully saturated rings. The number of aromatic nitrogens is 5. The van der Waals surface area contributed by atoms with Crippen molar-refractivity contribution in [1.29, 1.82) is 0 Å². The van der Waals surface area contributed by atoms with Gasteiger partial charge in [-0.3, -0.25) is 4.40 Å². The molecule has 0 saturated heterocycles. The smallest absolute Gasteiger partial charge is 0.279 e. The van der Waals surface area contributed by atoms with Crippen molar-refractivity contribution in [3.8, 4) is 11.6 Å². The van der Waals surface area contributed by atoms with E-state index in [0.717, 1.165) is 10.2 Å². The van der Waals surface area contributed by atoms with Crippen LogP contribution < -0.4 is 4.73 Å². The van der Waals surface area contributed by atoms with E-state index in [1.54, 1.807) is 33.2 Å². The molecule has 0 saturated carbocycles. The third-order valence-corrected chi connectivity index (χ3v) is 3.95. The summed E-state index contributed by atoms with van der Waals surface area (Å²) in [6, 6.07) is 7.27. The zero-order chi connectivity index (χ0) is 17.1. The van der Waals surface area contributed by atoms with Gasteiger partial charge in [0.2, 0.25) is 17.0 Å². The van der Waals surface area contributed by atoms with Gasteiger partial charge in [-0.25, -0.2) is 4.98 Å². The summed E-state index contributed by atoms with van der Waals surface area (Å²) in [5.74, 6) is 0.320. The Kier molecular flexibility index (Phi) is 2.88. The Morgan fingerprint density at radius 2 is 2.04 bits per heavy atom. The summed E-state index contributed by atoms with van der Waals surface area (Å²) in [4.78, 5) is 8.56. The summed E-state index contributed by atoms with van der Waals surface area (Å²) in [6.45, 7) is 4.85. The molecule has 0 amide bonds. The molecule has 0 radical (unpaired) electrons. The highest BCUT2D eigenvalue weighted by molar-refractivity contribution is 5.82. The van der Waals surface area contributed by atoms with E-state index in [2.05, 4.69) is 15.1 Å². The number of fused-ring (bicyclic) bond motifs is 3. The van der Waals surface area contributed by atoms with Gasteiger partial charge in [0.15, 0.2) is 5.69 Å². The van der Waals surface area contributed by atoms with Crippen LogP contribution in [0.4, 0.5) is 0 Å². The molecule has 0 unspecified atom stereocenters. The second kappa shape index (κ2) is 4.75. The molecule has 8 heteroatoms. The van der Waals surface area contributed by atoms with Crippen LogP contribution in [0.5, 0.6) is 0 Å². The lowest BCUT2D eigenvalue weighted by Crippen LogP contribution is -2.32. The fourth-order valence-corrected chi connectivity index (χ4v) is 2.72. The van der Waals surface area contributed by atoms with Gasteiger partial charge < -0.3 is 14.8 Å². The van der Waals surface area contributed by atoms with Gasteiger partial charge in [0.05, 0.1) is 0 Å². The molecular weight excluding hydrogens is 310 g/mol. The van der Waals surface area contributed by atoms with E-state index in [0.29, 0.717) is 22.4 Å². The quantitative estimate of drug-likeness (QED) is 0.444. The zero-order valence-electron chi connectivity index (χ0n) is 13.4. The van der Waals surface area contributed by atoms with E-state index >= 15 is 0 Å². The first kappa shape index (κ1) is 14.6. The SMILES string of the molecule is Cc1c2c(-c3nc(C(C)(C)O)no3)ncn2c2ccccc2[n+]1[O-]. The van der Waals surface area contributed by atoms with Crippen molar-refractivity contribution in [3.05, 3.63) is 47.3 Å². The highest BCUT2D eigenvalue weighted by Crippen LogP contribution is 2.27. The van der Waals surface area contributed by atoms with Gasteiger partial charge in [-0.2, -0.15) is 9.71 Å². The second-order valence-corrected chi connectivity index (χ2v) is 6.16. The Labute approximate surface area is 136 Å². The van der Waals surface area contributed by atoms with Crippen molar-refractivity contribution in [3.63, 3.8) is 0 Å². The summed E-state index contributed by atoms with van der Waals surface area (Å²) in [5.41, 5.74) is 1.53. The Balaban J connectivity index is 2.03. The molecule has 24 heavy (non-hydrogen) atoms. The number of nitrogens with zero attached hydrogens (tertiary/aromatic N) is 5. The molecule has 0 aliphatic carbocycles. The highest BCUT2D eigenvalue weighted by Gasteiger charge is 2.27. The molecule has 1 aromatic carbocycles. The van der Waals surface area contributed by atoms with Crippen molar-refractivity contribution < 1.29 is 14.4 Å². The van der Waals surface area contributed by atoms with Crippen LogP contribution in [-0.4, -0.2) is 24.6 Å². The van der Waals surface area contributed by atoms with Gasteiger partial charge in [0.1, 0.15) is 23.0 Å². The van der Waals surface area contributed by atoms with Crippen LogP contribution in [0.25, 0.3) is 28.1 Å². The number of para-hydroxylation sites is 2. The molecule has 0 aliphatic heterocycles. The molecule has 0 bridgehead atoms. The summed E-state index contributed by atoms with van der Waals surface area (Å²) in [7, 11) is 0. The molecule has 122 valence electrons. The lowest BCUT2D eigenvalue weighted by molar-refractivity contribution is -0.583. The van der Waals surface area contributed by atoms with Crippen LogP contribution in [0.15, 0.2) is 35.1 Å². The predicted octanol–water partition coefficient (Wildman–Crippen LogP) is 1.71. The first-order valence-electron chi connectivity index (χ1n) is 7.43. The first-order valence-corrected chi connectivity index (χ1v) is 7.43. The zero-order valence-corrected chi connectivity index (χ0v) is 13.4. The number of aryl methyl sites for hydroxylation is 1. The molecule has 4 rings (SSSR count). The number of benzene rings is 1. The third kappa shape index (κ3) is 1.96. The van der Waals surface area contributed by atoms with Gasteiger partial charge in [-0.15, -0.1) is 0 Å². The third-order valence-electron chi connectivity index (χ3n) is 3.95. The van der Waals surface area contributed by atoms with Crippen LogP contribution >= 0.6 is 0 Å². The van der Waals surface area contributed by atoms with E-state index < -0.39 is 5.60 Å². The van der Waals surface area contributed by atoms with Crippen LogP contribution in [0.2, 0.25) is 0 Å². The molecule has 3 heterocycles. The number of aliphatic hydroxyl groups is 1. The maximum Gasteiger partial charge on any atom is 0.279 e. The standard InChI is InChI=1S/C16H15N5O3/c1-9-13-12(14-18-15(19-24-14)16(2,3)22)17-8-20(13)10-6-4-5-7-11(10)21(9)23/h4-8,22H,1-3H3. The van der Waals surface area contributed by atoms with Crippen molar-refractivity contribution >= 4 is 16.6 Å². The van der Waals surface area contributed by atoms with Crippen LogP contribution in [-0.2, 0) is 5.60 Å². The summed E-state index contributed by atoms with van der Waals surface area (Å²) >= 11 is 0. The van der Waals surface area contributed by atoms with Gasteiger partial charge >= 0.3 is 0 Å². The van der Waals surface area contributed by atoms with Crippen LogP contribution in [0.3, 0.4) is 0 Å². The minimum absolute atomic E-state index is 0.159. The maximum absolute atomic E-state index is 12.6. The van der Waals surface area contributed by atoms with Crippen LogP contribution in [0.1, 0.15) is 25.4 Å². The molecule has 0 aliphatic rings. The van der Waals surface area contributed by atoms with Gasteiger partial charge in [0.25, 0.3) is 5.89 Å². The van der Waals surface area contributed by atoms with E-state index in [4.69, 9.17) is 4.52 Å². The summed E-state index contributed by atoms with van der Waals surface area (Å²) in [6.07, 6.45) is 1.62. The van der Waals surface area contributed by atoms with E-state index in [1.165, 1.54) is 0 Å². The predicted molar refractivity (Wildman–Crippen MR) is 84.9 cm³/mol. The molecule has 8 nitrogen and oxygen atoms in total. The first-order chi connectivity index (χ1) is 11.4. The molecular formula is C16H15N5O3. The number of rotatable bonds is 2. The molecule has 1 N–H and O–H groups in total. The maximum atomic E-state index is 12.6. The fraction of sp³-hybridized carbons (Fsp3) is 0.250. The van der Waals surface area contributed by atoms with Crippen molar-refractivity contribution in [2.45, 2.75) is 26.4 Å². The highest BCUT2D eigenvalue weighted by atomic mass is 16.5. The second-order valence-electron chi connectivity index (χ2n) is 6.16. The fourth-order valence-electron chi connectivity index (χ4n) is 2.72. The Morgan fingerprint density at radius 1 is 1.29 bits per heavy atom. The van der Waals surface area contributed by atoms with Crippen molar-refractivity contribution in [2.75, 3.05) is 0 Å². The minimum atomic E-state index is -1.22. The van der Waals surface area contributed by atoms with Crippen molar-refractivity contribution in [1.82, 2.24) is 19.5 Å². The van der Waals surface area contributed by atoms with E-state index in [9.17, 15) is 10.3 Å². The molecule has 3 aromatic heterocycles. The lowest BCUT2D eigenvalue weighted by atomic mass is 10.1. The Morgan fingerprint density at radius 3 is 2.75 bits per heavy atom. The molecule has 0 atom stereocenters. The van der Waals surface area contributed by atoms with Crippen molar-refractivity contribution in [2.24, 2.45) is 0 Å². The van der Waals surface area contributed by atoms with Crippen LogP contribution in [0, 0.1) is 12.1 Å². The average molecular weight is 325 g/mol.